The number of carbonyl (C=O) groups excluding carboxylic acids is 1. The third-order valence-electron chi connectivity index (χ3n) is 7.93. The average molecular weight is 553 g/mol. The number of allylic oxidation sites excluding steroid dienone is 2. The lowest BCUT2D eigenvalue weighted by Gasteiger charge is -2.44. The number of nitrogens with one attached hydrogen (secondary N) is 1. The maximum atomic E-state index is 14.3. The van der Waals surface area contributed by atoms with Gasteiger partial charge in [0.05, 0.1) is 17.2 Å². The molecule has 0 aromatic carbocycles. The zero-order chi connectivity index (χ0) is 27.6. The van der Waals surface area contributed by atoms with E-state index in [-0.39, 0.29) is 28.1 Å². The number of carboxylic acid groups (broad SMARTS) is 1. The molecule has 3 aliphatic rings. The first-order valence-electron chi connectivity index (χ1n) is 12.6. The number of carbonyl (C=O) groups is 2. The van der Waals surface area contributed by atoms with Gasteiger partial charge in [0.2, 0.25) is 5.78 Å². The molecule has 12 heteroatoms. The number of imidazole rings is 1. The van der Waals surface area contributed by atoms with E-state index < -0.39 is 45.3 Å². The summed E-state index contributed by atoms with van der Waals surface area (Å²) in [5.41, 5.74) is -2.58. The predicted molar refractivity (Wildman–Crippen MR) is 136 cm³/mol. The summed E-state index contributed by atoms with van der Waals surface area (Å²) in [4.78, 5) is 32.4. The molecule has 0 bridgehead atoms. The summed E-state index contributed by atoms with van der Waals surface area (Å²) < 4.78 is 43.3. The fraction of sp³-hybridized carbons (Fsp3) is 0.500. The van der Waals surface area contributed by atoms with Gasteiger partial charge in [0.1, 0.15) is 22.6 Å². The Morgan fingerprint density at radius 3 is 2.53 bits per heavy atom. The molecular formula is C26H30ClF3N5O3+. The number of piperazine rings is 1. The second-order valence-corrected chi connectivity index (χ2v) is 11.4. The number of hydrogen-bond acceptors (Lipinski definition) is 5. The third-order valence-corrected chi connectivity index (χ3v) is 8.29. The number of aromatic nitrogens is 2. The van der Waals surface area contributed by atoms with Gasteiger partial charge in [-0.3, -0.25) is 14.1 Å². The van der Waals surface area contributed by atoms with Gasteiger partial charge in [-0.05, 0) is 45.8 Å². The number of pyridine rings is 1. The van der Waals surface area contributed by atoms with Crippen molar-refractivity contribution < 1.29 is 32.3 Å². The Labute approximate surface area is 223 Å². The van der Waals surface area contributed by atoms with E-state index in [9.17, 15) is 27.9 Å². The number of rotatable bonds is 4. The van der Waals surface area contributed by atoms with E-state index in [4.69, 9.17) is 11.6 Å². The second-order valence-electron chi connectivity index (χ2n) is 11.1. The molecule has 1 amide bonds. The molecule has 0 radical (unpaired) electrons. The highest BCUT2D eigenvalue weighted by molar-refractivity contribution is 6.33. The van der Waals surface area contributed by atoms with Crippen molar-refractivity contribution >= 4 is 34.8 Å². The van der Waals surface area contributed by atoms with Crippen molar-refractivity contribution in [3.63, 3.8) is 0 Å². The lowest BCUT2D eigenvalue weighted by Crippen LogP contribution is -2.59. The van der Waals surface area contributed by atoms with Gasteiger partial charge in [0, 0.05) is 37.9 Å². The van der Waals surface area contributed by atoms with Gasteiger partial charge in [-0.25, -0.2) is 4.98 Å². The fourth-order valence-electron chi connectivity index (χ4n) is 5.70. The van der Waals surface area contributed by atoms with Crippen molar-refractivity contribution in [2.75, 3.05) is 19.6 Å². The number of nitrogens with zero attached hydrogens (tertiary/aromatic N) is 4. The van der Waals surface area contributed by atoms with Crippen LogP contribution < -0.4 is 5.32 Å². The lowest BCUT2D eigenvalue weighted by molar-refractivity contribution is -0.783. The second kappa shape index (κ2) is 9.18. The van der Waals surface area contributed by atoms with Crippen LogP contribution in [0.1, 0.15) is 61.6 Å². The molecule has 2 atom stereocenters. The number of fused-ring (bicyclic) bond motifs is 1. The van der Waals surface area contributed by atoms with Crippen LogP contribution in [0.2, 0.25) is 5.15 Å². The minimum atomic E-state index is -4.83. The Morgan fingerprint density at radius 1 is 1.24 bits per heavy atom. The molecule has 2 aromatic rings. The Morgan fingerprint density at radius 2 is 1.95 bits per heavy atom. The van der Waals surface area contributed by atoms with Crippen LogP contribution in [0.25, 0.3) is 11.3 Å². The summed E-state index contributed by atoms with van der Waals surface area (Å²) in [6, 6.07) is 0.570. The first-order valence-corrected chi connectivity index (χ1v) is 13.0. The number of quaternary nitrogens is 1. The standard InChI is InChI=1S/C26H29ClF3N5O3/c1-25(2,3)35(24(37)38)11-5-8-19(35)15-12-17(26(28,29)30)23-32-20(22(27)34(23)14-15)21(36)18-13-31-9-10-33(18)16-6-4-7-16/h5,8,11-12,14,16,18,31H,4,6-7,9-10,13H2,1-3H3/p+1. The van der Waals surface area contributed by atoms with E-state index in [2.05, 4.69) is 15.2 Å². The molecule has 2 aliphatic heterocycles. The lowest BCUT2D eigenvalue weighted by atomic mass is 9.88. The number of amides is 1. The summed E-state index contributed by atoms with van der Waals surface area (Å²) in [6.07, 6.45) is 2.74. The van der Waals surface area contributed by atoms with Gasteiger partial charge in [0.15, 0.2) is 11.3 Å². The smallest absolute Gasteiger partial charge is 0.435 e. The highest BCUT2D eigenvalue weighted by Crippen LogP contribution is 2.44. The van der Waals surface area contributed by atoms with Crippen molar-refractivity contribution in [2.24, 2.45) is 0 Å². The SMILES string of the molecule is CC(C)(C)[N+]1(C(=O)O)C=CC=C1c1cc(C(F)(F)F)c2nc(C(=O)C3CNCCN3C3CCC3)c(Cl)n2c1. The minimum absolute atomic E-state index is 0.0147. The van der Waals surface area contributed by atoms with Crippen LogP contribution in [0.3, 0.4) is 0 Å². The fourth-order valence-corrected chi connectivity index (χ4v) is 5.96. The van der Waals surface area contributed by atoms with Crippen LogP contribution in [0.4, 0.5) is 18.0 Å². The summed E-state index contributed by atoms with van der Waals surface area (Å²) in [6.45, 7) is 6.83. The average Bonchev–Trinajstić information content (AvgIpc) is 3.39. The number of ketones is 1. The molecule has 0 spiro atoms. The highest BCUT2D eigenvalue weighted by atomic mass is 35.5. The monoisotopic (exact) mass is 552 g/mol. The summed E-state index contributed by atoms with van der Waals surface area (Å²) >= 11 is 6.59. The Kier molecular flexibility index (Phi) is 6.49. The predicted octanol–water partition coefficient (Wildman–Crippen LogP) is 5.18. The molecule has 2 fully saturated rings. The minimum Gasteiger partial charge on any atom is -0.435 e. The molecule has 204 valence electrons. The van der Waals surface area contributed by atoms with Crippen molar-refractivity contribution in [3.05, 3.63) is 52.6 Å². The molecular weight excluding hydrogens is 523 g/mol. The van der Waals surface area contributed by atoms with Crippen molar-refractivity contribution in [2.45, 2.75) is 63.8 Å². The first kappa shape index (κ1) is 26.9. The maximum absolute atomic E-state index is 14.3. The van der Waals surface area contributed by atoms with Gasteiger partial charge in [0.25, 0.3) is 0 Å². The van der Waals surface area contributed by atoms with Crippen LogP contribution in [0.5, 0.6) is 0 Å². The van der Waals surface area contributed by atoms with Crippen LogP contribution in [-0.4, -0.2) is 73.0 Å². The van der Waals surface area contributed by atoms with Gasteiger partial charge in [-0.1, -0.05) is 18.0 Å². The largest absolute Gasteiger partial charge is 0.523 e. The van der Waals surface area contributed by atoms with E-state index in [1.165, 1.54) is 24.5 Å². The Balaban J connectivity index is 1.65. The molecule has 8 nitrogen and oxygen atoms in total. The van der Waals surface area contributed by atoms with Crippen molar-refractivity contribution in [1.82, 2.24) is 19.6 Å². The highest BCUT2D eigenvalue weighted by Gasteiger charge is 2.53. The molecule has 1 saturated heterocycles. The van der Waals surface area contributed by atoms with Crippen molar-refractivity contribution in [1.29, 1.82) is 0 Å². The molecule has 4 heterocycles. The third kappa shape index (κ3) is 4.07. The first-order chi connectivity index (χ1) is 17.8. The number of alkyl halides is 3. The zero-order valence-corrected chi connectivity index (χ0v) is 22.1. The van der Waals surface area contributed by atoms with Crippen molar-refractivity contribution in [3.8, 4) is 0 Å². The van der Waals surface area contributed by atoms with Crippen LogP contribution in [0.15, 0.2) is 30.6 Å². The molecule has 1 saturated carbocycles. The van der Waals surface area contributed by atoms with Gasteiger partial charge >= 0.3 is 12.3 Å². The maximum Gasteiger partial charge on any atom is 0.523 e. The van der Waals surface area contributed by atoms with Crippen LogP contribution in [-0.2, 0) is 6.18 Å². The number of hydrogen-bond donors (Lipinski definition) is 2. The number of halogens is 4. The van der Waals surface area contributed by atoms with Gasteiger partial charge < -0.3 is 10.4 Å². The molecule has 1 aliphatic carbocycles. The molecule has 2 aromatic heterocycles. The number of Topliss-reactive ketones (excluding diaryl/α,β-unsaturated/α-hetero) is 1. The summed E-state index contributed by atoms with van der Waals surface area (Å²) in [5, 5.41) is 13.2. The molecule has 2 unspecified atom stereocenters. The van der Waals surface area contributed by atoms with E-state index in [0.29, 0.717) is 13.1 Å². The van der Waals surface area contributed by atoms with Crippen LogP contribution >= 0.6 is 11.6 Å². The zero-order valence-electron chi connectivity index (χ0n) is 21.3. The summed E-state index contributed by atoms with van der Waals surface area (Å²) in [7, 11) is 0. The van der Waals surface area contributed by atoms with E-state index in [0.717, 1.165) is 36.3 Å². The summed E-state index contributed by atoms with van der Waals surface area (Å²) in [5.74, 6) is -0.431. The van der Waals surface area contributed by atoms with E-state index >= 15 is 0 Å². The topological polar surface area (TPSA) is 86.9 Å². The van der Waals surface area contributed by atoms with E-state index in [1.807, 2.05) is 0 Å². The Hall–Kier alpha value is -2.73. The quantitative estimate of drug-likeness (QED) is 0.402. The van der Waals surface area contributed by atoms with Gasteiger partial charge in [-0.2, -0.15) is 22.4 Å². The van der Waals surface area contributed by atoms with Gasteiger partial charge in [-0.15, -0.1) is 0 Å². The van der Waals surface area contributed by atoms with Crippen LogP contribution in [0, 0.1) is 0 Å². The molecule has 38 heavy (non-hydrogen) atoms. The normalized spacial score (nSPS) is 25.0. The molecule has 2 N–H and O–H groups in total. The van der Waals surface area contributed by atoms with E-state index in [1.54, 1.807) is 20.8 Å². The molecule has 5 rings (SSSR count). The Bertz CT molecular complexity index is 1370.